The van der Waals surface area contributed by atoms with Gasteiger partial charge in [0.2, 0.25) is 17.7 Å². The van der Waals surface area contributed by atoms with Crippen LogP contribution in [0.5, 0.6) is 0 Å². The molecule has 15 heteroatoms. The second-order valence-corrected chi connectivity index (χ2v) is 20.8. The highest BCUT2D eigenvalue weighted by molar-refractivity contribution is 6.12. The van der Waals surface area contributed by atoms with E-state index in [-0.39, 0.29) is 85.2 Å². The molecule has 1 aromatic rings. The molecule has 1 saturated heterocycles. The van der Waals surface area contributed by atoms with Gasteiger partial charge in [0, 0.05) is 77.6 Å². The Labute approximate surface area is 405 Å². The lowest BCUT2D eigenvalue weighted by Gasteiger charge is -2.41. The van der Waals surface area contributed by atoms with Crippen molar-refractivity contribution in [1.29, 1.82) is 0 Å². The second-order valence-electron chi connectivity index (χ2n) is 20.8. The Balaban J connectivity index is 1.70. The lowest BCUT2D eigenvalue weighted by molar-refractivity contribution is -0.161. The van der Waals surface area contributed by atoms with Crippen LogP contribution in [0.1, 0.15) is 139 Å². The number of nitrogens with zero attached hydrogens (tertiary/aromatic N) is 3. The van der Waals surface area contributed by atoms with E-state index in [4.69, 9.17) is 14.2 Å². The third-order valence-electron chi connectivity index (χ3n) is 13.7. The van der Waals surface area contributed by atoms with Crippen LogP contribution in [0.25, 0.3) is 0 Å². The number of ether oxygens (including phenoxy) is 3. The first-order valence-electron chi connectivity index (χ1n) is 24.7. The van der Waals surface area contributed by atoms with Crippen molar-refractivity contribution in [3.8, 4) is 0 Å². The maximum Gasteiger partial charge on any atom is 0.310 e. The summed E-state index contributed by atoms with van der Waals surface area (Å²) in [5.74, 6) is -4.71. The Morgan fingerprint density at radius 1 is 0.853 bits per heavy atom. The maximum absolute atomic E-state index is 14.5. The Kier molecular flexibility index (Phi) is 22.2. The van der Waals surface area contributed by atoms with E-state index in [9.17, 15) is 38.4 Å². The average molecular weight is 951 g/mol. The normalized spacial score (nSPS) is 18.5. The summed E-state index contributed by atoms with van der Waals surface area (Å²) in [6.45, 7) is 19.0. The molecule has 0 bridgehead atoms. The Morgan fingerprint density at radius 3 is 2.04 bits per heavy atom. The molecule has 0 aliphatic carbocycles. The lowest BCUT2D eigenvalue weighted by Crippen LogP contribution is -2.55. The number of likely N-dealkylation sites (N-methyl/N-ethyl adjacent to an activating group) is 1. The molecular formula is C53H82N4O11. The highest BCUT2D eigenvalue weighted by Gasteiger charge is 2.44. The molecule has 2 aliphatic heterocycles. The van der Waals surface area contributed by atoms with Crippen LogP contribution in [0, 0.1) is 29.6 Å². The molecule has 0 unspecified atom stereocenters. The number of ketones is 2. The van der Waals surface area contributed by atoms with Crippen molar-refractivity contribution in [3.05, 3.63) is 48.0 Å². The summed E-state index contributed by atoms with van der Waals surface area (Å²) in [6, 6.07) is 8.60. The zero-order valence-electron chi connectivity index (χ0n) is 43.3. The van der Waals surface area contributed by atoms with Crippen LogP contribution in [0.2, 0.25) is 0 Å². The number of imide groups is 1. The smallest absolute Gasteiger partial charge is 0.310 e. The molecular weight excluding hydrogens is 869 g/mol. The first-order chi connectivity index (χ1) is 31.9. The van der Waals surface area contributed by atoms with E-state index in [2.05, 4.69) is 5.32 Å². The van der Waals surface area contributed by atoms with Gasteiger partial charge in [0.05, 0.1) is 42.2 Å². The van der Waals surface area contributed by atoms with Gasteiger partial charge < -0.3 is 29.3 Å². The number of Topliss-reactive ketones (excluding diaryl/α,β-unsaturated/α-hetero) is 2. The summed E-state index contributed by atoms with van der Waals surface area (Å²) >= 11 is 0. The molecule has 0 aromatic heterocycles. The number of carbonyl (C=O) groups is 8. The third kappa shape index (κ3) is 16.4. The minimum absolute atomic E-state index is 0.0355. The van der Waals surface area contributed by atoms with Gasteiger partial charge in [-0.3, -0.25) is 43.3 Å². The van der Waals surface area contributed by atoms with Crippen molar-refractivity contribution in [1.82, 2.24) is 20.0 Å². The van der Waals surface area contributed by atoms with Crippen LogP contribution >= 0.6 is 0 Å². The molecule has 3 rings (SSSR count). The Bertz CT molecular complexity index is 1910. The quantitative estimate of drug-likeness (QED) is 0.0537. The van der Waals surface area contributed by atoms with Crippen molar-refractivity contribution in [2.75, 3.05) is 34.4 Å². The number of rotatable bonds is 28. The van der Waals surface area contributed by atoms with Gasteiger partial charge >= 0.3 is 5.97 Å². The first kappa shape index (κ1) is 57.6. The molecule has 2 heterocycles. The summed E-state index contributed by atoms with van der Waals surface area (Å²) < 4.78 is 17.9. The summed E-state index contributed by atoms with van der Waals surface area (Å²) in [4.78, 5) is 112. The van der Waals surface area contributed by atoms with Crippen LogP contribution < -0.4 is 5.32 Å². The van der Waals surface area contributed by atoms with E-state index in [1.165, 1.54) is 24.2 Å². The summed E-state index contributed by atoms with van der Waals surface area (Å²) in [5, 5.41) is 2.85. The van der Waals surface area contributed by atoms with E-state index in [1.54, 1.807) is 65.5 Å². The number of methoxy groups -OCH3 is 2. The fraction of sp³-hybridized carbons (Fsp3) is 0.698. The minimum atomic E-state index is -1.25. The molecule has 8 atom stereocenters. The summed E-state index contributed by atoms with van der Waals surface area (Å²) in [5.41, 5.74) is -1.06. The molecule has 1 aromatic carbocycles. The second kappa shape index (κ2) is 26.3. The highest BCUT2D eigenvalue weighted by atomic mass is 16.6. The average Bonchev–Trinajstić information content (AvgIpc) is 3.89. The minimum Gasteiger partial charge on any atom is -0.460 e. The standard InChI is InChI=1S/C53H82N4O11/c1-14-35(4)48(55(11)50(64)39(34(2)3)32-43(59)53(9,10)54-44(60)25-19-16-20-28-57-45(61)26-27-46(57)62)42(66-12)33-47(63)56-29-21-24-40(56)49(67-13)36(5)41(58)31-38(51(65)68-52(6,7)8)30-37-22-17-15-18-23-37/h15,17-18,22-23,26-27,34-36,38-40,42,48-49H,14,16,19-21,24-25,28-33H2,1-13H3,(H,54,60)/t35-,36-,38+,39-,40-,42+,48-,49+/m0/s1. The molecule has 380 valence electrons. The molecule has 2 aliphatic rings. The highest BCUT2D eigenvalue weighted by Crippen LogP contribution is 2.32. The SMILES string of the molecule is CC[C@H](C)[C@@H]([C@@H](CC(=O)N1CCC[C@H]1[C@H](OC)[C@@H](C)C(=O)C[C@@H](Cc1ccccc1)C(=O)OC(C)(C)C)OC)N(C)C(=O)[C@@H](CC(=O)C(C)(C)NC(=O)CCCCCN1C(=O)C=CC1=O)C(C)C. The predicted octanol–water partition coefficient (Wildman–Crippen LogP) is 6.68. The van der Waals surface area contributed by atoms with Gasteiger partial charge in [-0.2, -0.15) is 0 Å². The van der Waals surface area contributed by atoms with Gasteiger partial charge in [0.25, 0.3) is 11.8 Å². The fourth-order valence-corrected chi connectivity index (χ4v) is 9.48. The van der Waals surface area contributed by atoms with Crippen LogP contribution in [0.4, 0.5) is 0 Å². The third-order valence-corrected chi connectivity index (χ3v) is 13.7. The van der Waals surface area contributed by atoms with Gasteiger partial charge in [-0.15, -0.1) is 0 Å². The van der Waals surface area contributed by atoms with E-state index in [0.717, 1.165) is 5.56 Å². The van der Waals surface area contributed by atoms with Gasteiger partial charge in [-0.25, -0.2) is 0 Å². The van der Waals surface area contributed by atoms with Gasteiger partial charge in [-0.05, 0) is 84.1 Å². The van der Waals surface area contributed by atoms with E-state index in [1.807, 2.05) is 58.0 Å². The number of esters is 1. The van der Waals surface area contributed by atoms with Gasteiger partial charge in [0.1, 0.15) is 11.4 Å². The zero-order valence-corrected chi connectivity index (χ0v) is 43.3. The van der Waals surface area contributed by atoms with E-state index in [0.29, 0.717) is 51.5 Å². The van der Waals surface area contributed by atoms with Crippen LogP contribution in [0.15, 0.2) is 42.5 Å². The molecule has 68 heavy (non-hydrogen) atoms. The number of nitrogens with one attached hydrogen (secondary N) is 1. The van der Waals surface area contributed by atoms with Crippen LogP contribution in [0.3, 0.4) is 0 Å². The fourth-order valence-electron chi connectivity index (χ4n) is 9.48. The molecule has 15 nitrogen and oxygen atoms in total. The van der Waals surface area contributed by atoms with Crippen molar-refractivity contribution < 1.29 is 52.6 Å². The largest absolute Gasteiger partial charge is 0.460 e. The predicted molar refractivity (Wildman–Crippen MR) is 260 cm³/mol. The monoisotopic (exact) mass is 951 g/mol. The number of hydrogen-bond donors (Lipinski definition) is 1. The van der Waals surface area contributed by atoms with Crippen molar-refractivity contribution in [2.45, 2.75) is 175 Å². The molecule has 0 radical (unpaired) electrons. The summed E-state index contributed by atoms with van der Waals surface area (Å²) in [6.07, 6.45) is 5.15. The van der Waals surface area contributed by atoms with Gasteiger partial charge in [0.15, 0.2) is 5.78 Å². The Hall–Kier alpha value is -4.76. The summed E-state index contributed by atoms with van der Waals surface area (Å²) in [7, 11) is 4.77. The maximum atomic E-state index is 14.5. The molecule has 1 fully saturated rings. The van der Waals surface area contributed by atoms with Crippen molar-refractivity contribution >= 4 is 47.1 Å². The zero-order chi connectivity index (χ0) is 51.1. The number of amides is 5. The Morgan fingerprint density at radius 2 is 1.49 bits per heavy atom. The topological polar surface area (TPSA) is 186 Å². The molecule has 0 saturated carbocycles. The lowest BCUT2D eigenvalue weighted by atomic mass is 9.82. The number of carbonyl (C=O) groups excluding carboxylic acids is 8. The van der Waals surface area contributed by atoms with Gasteiger partial charge in [-0.1, -0.05) is 77.8 Å². The number of likely N-dealkylation sites (tertiary alicyclic amines) is 1. The molecule has 5 amide bonds. The number of hydrogen-bond acceptors (Lipinski definition) is 11. The van der Waals surface area contributed by atoms with Crippen LogP contribution in [-0.2, 0) is 59.0 Å². The van der Waals surface area contributed by atoms with Crippen molar-refractivity contribution in [3.63, 3.8) is 0 Å². The molecule has 1 N–H and O–H groups in total. The van der Waals surface area contributed by atoms with Crippen molar-refractivity contribution in [2.24, 2.45) is 29.6 Å². The first-order valence-corrected chi connectivity index (χ1v) is 24.7. The number of unbranched alkanes of at least 4 members (excludes halogenated alkanes) is 2. The van der Waals surface area contributed by atoms with E-state index < -0.39 is 59.2 Å². The molecule has 0 spiro atoms. The number of benzene rings is 1. The van der Waals surface area contributed by atoms with Crippen LogP contribution in [-0.4, -0.2) is 132 Å². The van der Waals surface area contributed by atoms with E-state index >= 15 is 0 Å².